The van der Waals surface area contributed by atoms with Gasteiger partial charge >= 0.3 is 0 Å². The van der Waals surface area contributed by atoms with E-state index < -0.39 is 0 Å². The molecule has 1 saturated heterocycles. The zero-order chi connectivity index (χ0) is 14.7. The fraction of sp³-hybridized carbons (Fsp3) is 0.667. The first-order valence-electron chi connectivity index (χ1n) is 7.88. The van der Waals surface area contributed by atoms with Gasteiger partial charge in [-0.1, -0.05) is 6.92 Å². The van der Waals surface area contributed by atoms with E-state index in [0.29, 0.717) is 0 Å². The van der Waals surface area contributed by atoms with E-state index in [2.05, 4.69) is 32.2 Å². The molecule has 1 aliphatic heterocycles. The highest BCUT2D eigenvalue weighted by Gasteiger charge is 2.20. The summed E-state index contributed by atoms with van der Waals surface area (Å²) in [5, 5.41) is 8.82. The summed E-state index contributed by atoms with van der Waals surface area (Å²) in [6.45, 7) is 6.60. The number of aryl methyl sites for hydroxylation is 1. The lowest BCUT2D eigenvalue weighted by Crippen LogP contribution is -2.37. The lowest BCUT2D eigenvalue weighted by Gasteiger charge is -2.31. The predicted molar refractivity (Wildman–Crippen MR) is 84.4 cm³/mol. The number of piperidine rings is 1. The van der Waals surface area contributed by atoms with Gasteiger partial charge in [-0.3, -0.25) is 4.68 Å². The normalized spacial score (nSPS) is 16.5. The molecule has 1 aliphatic rings. The Bertz CT molecular complexity index is 587. The first-order chi connectivity index (χ1) is 10.3. The number of hydrogen-bond acceptors (Lipinski definition) is 5. The molecule has 2 aromatic rings. The molecule has 0 spiro atoms. The minimum Gasteiger partial charge on any atom is -0.356 e. The van der Waals surface area contributed by atoms with Crippen molar-refractivity contribution in [2.75, 3.05) is 31.1 Å². The van der Waals surface area contributed by atoms with Gasteiger partial charge in [0.05, 0.1) is 11.6 Å². The zero-order valence-electron chi connectivity index (χ0n) is 12.9. The first kappa shape index (κ1) is 14.3. The minimum atomic E-state index is 0.750. The fourth-order valence-corrected chi connectivity index (χ4v) is 3.13. The van der Waals surface area contributed by atoms with Crippen molar-refractivity contribution in [2.45, 2.75) is 26.2 Å². The highest BCUT2D eigenvalue weighted by Crippen LogP contribution is 2.24. The molecule has 0 unspecified atom stereocenters. The number of nitrogens with zero attached hydrogens (tertiary/aromatic N) is 5. The molecular formula is C15H24N6. The number of rotatable bonds is 5. The fourth-order valence-electron chi connectivity index (χ4n) is 3.13. The summed E-state index contributed by atoms with van der Waals surface area (Å²) in [5.74, 6) is 1.79. The monoisotopic (exact) mass is 288 g/mol. The van der Waals surface area contributed by atoms with E-state index in [9.17, 15) is 0 Å². The third kappa shape index (κ3) is 3.00. The summed E-state index contributed by atoms with van der Waals surface area (Å²) >= 11 is 0. The maximum absolute atomic E-state index is 4.55. The van der Waals surface area contributed by atoms with Crippen LogP contribution in [0.4, 0.5) is 5.82 Å². The highest BCUT2D eigenvalue weighted by atomic mass is 15.3. The molecule has 2 aromatic heterocycles. The van der Waals surface area contributed by atoms with Crippen LogP contribution in [-0.4, -0.2) is 45.9 Å². The summed E-state index contributed by atoms with van der Waals surface area (Å²) in [4.78, 5) is 11.3. The number of fused-ring (bicyclic) bond motifs is 1. The van der Waals surface area contributed by atoms with E-state index in [1.807, 2.05) is 17.9 Å². The molecule has 114 valence electrons. The molecule has 0 aromatic carbocycles. The van der Waals surface area contributed by atoms with Crippen LogP contribution in [0.2, 0.25) is 0 Å². The number of anilines is 1. The van der Waals surface area contributed by atoms with Gasteiger partial charge in [0.25, 0.3) is 0 Å². The summed E-state index contributed by atoms with van der Waals surface area (Å²) in [5.41, 5.74) is 0.909. The highest BCUT2D eigenvalue weighted by molar-refractivity contribution is 5.86. The summed E-state index contributed by atoms with van der Waals surface area (Å²) in [6.07, 6.45) is 7.17. The molecule has 0 aliphatic carbocycles. The SMILES string of the molecule is CCCN(CC1CCNCC1)c1ncnc2c1cnn2C. The van der Waals surface area contributed by atoms with Gasteiger partial charge in [0.15, 0.2) is 5.65 Å². The van der Waals surface area contributed by atoms with Gasteiger partial charge in [0.2, 0.25) is 0 Å². The Morgan fingerprint density at radius 3 is 2.90 bits per heavy atom. The third-order valence-electron chi connectivity index (χ3n) is 4.24. The smallest absolute Gasteiger partial charge is 0.163 e. The molecule has 3 heterocycles. The van der Waals surface area contributed by atoms with Crippen LogP contribution >= 0.6 is 0 Å². The van der Waals surface area contributed by atoms with Crippen molar-refractivity contribution >= 4 is 16.9 Å². The number of aromatic nitrogens is 4. The van der Waals surface area contributed by atoms with Crippen LogP contribution in [0.5, 0.6) is 0 Å². The van der Waals surface area contributed by atoms with Gasteiger partial charge in [-0.05, 0) is 38.3 Å². The van der Waals surface area contributed by atoms with Crippen molar-refractivity contribution < 1.29 is 0 Å². The Morgan fingerprint density at radius 1 is 1.33 bits per heavy atom. The molecule has 1 fully saturated rings. The van der Waals surface area contributed by atoms with Crippen molar-refractivity contribution in [1.29, 1.82) is 0 Å². The van der Waals surface area contributed by atoms with E-state index in [1.165, 1.54) is 12.8 Å². The predicted octanol–water partition coefficient (Wildman–Crippen LogP) is 1.58. The molecule has 0 radical (unpaired) electrons. The molecule has 6 heteroatoms. The standard InChI is InChI=1S/C15H24N6/c1-3-8-21(10-12-4-6-16-7-5-12)15-13-9-19-20(2)14(13)17-11-18-15/h9,11-12,16H,3-8,10H2,1-2H3. The topological polar surface area (TPSA) is 58.9 Å². The quantitative estimate of drug-likeness (QED) is 0.905. The molecule has 0 saturated carbocycles. The van der Waals surface area contributed by atoms with Crippen molar-refractivity contribution in [1.82, 2.24) is 25.1 Å². The minimum absolute atomic E-state index is 0.750. The Morgan fingerprint density at radius 2 is 2.14 bits per heavy atom. The van der Waals surface area contributed by atoms with Crippen LogP contribution in [0.1, 0.15) is 26.2 Å². The summed E-state index contributed by atoms with van der Waals surface area (Å²) < 4.78 is 1.81. The summed E-state index contributed by atoms with van der Waals surface area (Å²) in [6, 6.07) is 0. The van der Waals surface area contributed by atoms with Crippen LogP contribution in [-0.2, 0) is 7.05 Å². The van der Waals surface area contributed by atoms with Crippen LogP contribution in [0.3, 0.4) is 0 Å². The Kier molecular flexibility index (Phi) is 4.34. The van der Waals surface area contributed by atoms with Gasteiger partial charge in [-0.25, -0.2) is 9.97 Å². The molecule has 0 amide bonds. The average Bonchev–Trinajstić information content (AvgIpc) is 2.90. The van der Waals surface area contributed by atoms with Gasteiger partial charge in [0.1, 0.15) is 12.1 Å². The Balaban J connectivity index is 1.87. The summed E-state index contributed by atoms with van der Waals surface area (Å²) in [7, 11) is 1.93. The molecule has 6 nitrogen and oxygen atoms in total. The van der Waals surface area contributed by atoms with Crippen LogP contribution in [0.15, 0.2) is 12.5 Å². The second kappa shape index (κ2) is 6.39. The average molecular weight is 288 g/mol. The lowest BCUT2D eigenvalue weighted by atomic mass is 9.97. The van der Waals surface area contributed by atoms with E-state index in [1.54, 1.807) is 6.33 Å². The molecule has 3 rings (SSSR count). The van der Waals surface area contributed by atoms with Crippen LogP contribution in [0, 0.1) is 5.92 Å². The van der Waals surface area contributed by atoms with Crippen molar-refractivity contribution in [2.24, 2.45) is 13.0 Å². The molecule has 1 N–H and O–H groups in total. The van der Waals surface area contributed by atoms with E-state index in [0.717, 1.165) is 55.4 Å². The van der Waals surface area contributed by atoms with Gasteiger partial charge < -0.3 is 10.2 Å². The Labute approximate surface area is 125 Å². The van der Waals surface area contributed by atoms with Gasteiger partial charge in [-0.2, -0.15) is 5.10 Å². The lowest BCUT2D eigenvalue weighted by molar-refractivity contribution is 0.373. The van der Waals surface area contributed by atoms with Crippen molar-refractivity contribution in [3.05, 3.63) is 12.5 Å². The van der Waals surface area contributed by atoms with Crippen molar-refractivity contribution in [3.8, 4) is 0 Å². The third-order valence-corrected chi connectivity index (χ3v) is 4.24. The second-order valence-electron chi connectivity index (χ2n) is 5.84. The largest absolute Gasteiger partial charge is 0.356 e. The molecule has 0 bridgehead atoms. The first-order valence-corrected chi connectivity index (χ1v) is 7.88. The van der Waals surface area contributed by atoms with E-state index in [4.69, 9.17) is 0 Å². The Hall–Kier alpha value is -1.69. The maximum atomic E-state index is 4.55. The number of hydrogen-bond donors (Lipinski definition) is 1. The second-order valence-corrected chi connectivity index (χ2v) is 5.84. The molecule has 0 atom stereocenters. The van der Waals surface area contributed by atoms with E-state index >= 15 is 0 Å². The molecular weight excluding hydrogens is 264 g/mol. The van der Waals surface area contributed by atoms with E-state index in [-0.39, 0.29) is 0 Å². The van der Waals surface area contributed by atoms with Gasteiger partial charge in [-0.15, -0.1) is 0 Å². The van der Waals surface area contributed by atoms with Crippen molar-refractivity contribution in [3.63, 3.8) is 0 Å². The number of nitrogens with one attached hydrogen (secondary N) is 1. The zero-order valence-corrected chi connectivity index (χ0v) is 12.9. The van der Waals surface area contributed by atoms with Crippen LogP contribution in [0.25, 0.3) is 11.0 Å². The van der Waals surface area contributed by atoms with Gasteiger partial charge in [0, 0.05) is 20.1 Å². The van der Waals surface area contributed by atoms with Crippen LogP contribution < -0.4 is 10.2 Å². The maximum Gasteiger partial charge on any atom is 0.163 e. The molecule has 21 heavy (non-hydrogen) atoms.